The molecule has 1 aromatic rings. The fourth-order valence-electron chi connectivity index (χ4n) is 2.50. The Hall–Kier alpha value is -0.130. The molecule has 0 aliphatic carbocycles. The summed E-state index contributed by atoms with van der Waals surface area (Å²) in [6, 6.07) is 4.89. The number of nitrogens with two attached hydrogens (primary N) is 1. The number of aryl methyl sites for hydroxylation is 1. The molecule has 0 spiro atoms. The summed E-state index contributed by atoms with van der Waals surface area (Å²) in [6.45, 7) is 5.02. The first-order valence-electron chi connectivity index (χ1n) is 6.25. The molecule has 2 unspecified atom stereocenters. The van der Waals surface area contributed by atoms with Crippen LogP contribution in [-0.4, -0.2) is 37.2 Å². The van der Waals surface area contributed by atoms with Crippen molar-refractivity contribution in [1.29, 1.82) is 0 Å². The van der Waals surface area contributed by atoms with Crippen LogP contribution in [0.3, 0.4) is 0 Å². The molecule has 1 aliphatic rings. The molecule has 0 aromatic carbocycles. The molecule has 3 nitrogen and oxygen atoms in total. The average molecular weight is 291 g/mol. The average Bonchev–Trinajstić information content (AvgIpc) is 2.75. The van der Waals surface area contributed by atoms with Gasteiger partial charge in [-0.2, -0.15) is 0 Å². The van der Waals surface area contributed by atoms with Gasteiger partial charge in [0.25, 0.3) is 0 Å². The third-order valence-electron chi connectivity index (χ3n) is 3.55. The molecular formula is C13H23ClN2OS. The van der Waals surface area contributed by atoms with Crippen LogP contribution >= 0.6 is 23.7 Å². The van der Waals surface area contributed by atoms with E-state index in [9.17, 15) is 0 Å². The summed E-state index contributed by atoms with van der Waals surface area (Å²) in [5.74, 6) is 0. The van der Waals surface area contributed by atoms with Crippen molar-refractivity contribution in [3.63, 3.8) is 0 Å². The highest BCUT2D eigenvalue weighted by atomic mass is 35.5. The number of piperidine rings is 1. The normalized spacial score (nSPS) is 24.8. The number of hydrogen-bond donors (Lipinski definition) is 1. The Kier molecular flexibility index (Phi) is 6.60. The maximum Gasteiger partial charge on any atom is 0.0599 e. The van der Waals surface area contributed by atoms with Gasteiger partial charge in [0.2, 0.25) is 0 Å². The molecule has 0 amide bonds. The van der Waals surface area contributed by atoms with Gasteiger partial charge in [-0.15, -0.1) is 23.7 Å². The zero-order valence-electron chi connectivity index (χ0n) is 11.1. The number of halogens is 1. The van der Waals surface area contributed by atoms with Crippen LogP contribution in [0.15, 0.2) is 12.1 Å². The van der Waals surface area contributed by atoms with Gasteiger partial charge in [-0.05, 0) is 31.9 Å². The molecule has 2 N–H and O–H groups in total. The van der Waals surface area contributed by atoms with E-state index in [4.69, 9.17) is 10.5 Å². The summed E-state index contributed by atoms with van der Waals surface area (Å²) >= 11 is 1.89. The first-order valence-corrected chi connectivity index (χ1v) is 7.06. The number of ether oxygens (including phenoxy) is 1. The number of likely N-dealkylation sites (tertiary alicyclic amines) is 1. The molecule has 18 heavy (non-hydrogen) atoms. The van der Waals surface area contributed by atoms with Gasteiger partial charge in [0.15, 0.2) is 0 Å². The van der Waals surface area contributed by atoms with Crippen LogP contribution < -0.4 is 5.73 Å². The minimum atomic E-state index is 0. The summed E-state index contributed by atoms with van der Waals surface area (Å²) < 4.78 is 5.45. The molecule has 5 heteroatoms. The highest BCUT2D eigenvalue weighted by Crippen LogP contribution is 2.24. The zero-order valence-corrected chi connectivity index (χ0v) is 12.7. The predicted molar refractivity (Wildman–Crippen MR) is 79.6 cm³/mol. The lowest BCUT2D eigenvalue weighted by molar-refractivity contribution is 0.0106. The fourth-order valence-corrected chi connectivity index (χ4v) is 3.42. The molecule has 1 saturated heterocycles. The van der Waals surface area contributed by atoms with Gasteiger partial charge in [0.1, 0.15) is 0 Å². The lowest BCUT2D eigenvalue weighted by atomic mass is 9.99. The van der Waals surface area contributed by atoms with Crippen molar-refractivity contribution >= 4 is 23.7 Å². The summed E-state index contributed by atoms with van der Waals surface area (Å²) in [6.07, 6.45) is 2.58. The van der Waals surface area contributed by atoms with E-state index in [1.807, 2.05) is 11.3 Å². The number of nitrogens with zero attached hydrogens (tertiary/aromatic N) is 1. The Labute approximate surface area is 120 Å². The van der Waals surface area contributed by atoms with Crippen LogP contribution in [0.1, 0.15) is 22.6 Å². The van der Waals surface area contributed by atoms with Crippen molar-refractivity contribution in [3.05, 3.63) is 21.9 Å². The van der Waals surface area contributed by atoms with Crippen LogP contribution in [0.4, 0.5) is 0 Å². The Morgan fingerprint density at radius 2 is 2.28 bits per heavy atom. The maximum absolute atomic E-state index is 5.88. The van der Waals surface area contributed by atoms with Gasteiger partial charge in [-0.25, -0.2) is 0 Å². The topological polar surface area (TPSA) is 38.5 Å². The van der Waals surface area contributed by atoms with E-state index in [0.29, 0.717) is 12.1 Å². The predicted octanol–water partition coefficient (Wildman–Crippen LogP) is 2.42. The Morgan fingerprint density at radius 1 is 1.50 bits per heavy atom. The van der Waals surface area contributed by atoms with Crippen LogP contribution in [0.2, 0.25) is 0 Å². The molecule has 104 valence electrons. The first kappa shape index (κ1) is 15.9. The number of rotatable bonds is 4. The van der Waals surface area contributed by atoms with Crippen molar-refractivity contribution in [1.82, 2.24) is 4.90 Å². The summed E-state index contributed by atoms with van der Waals surface area (Å²) in [5, 5.41) is 0. The second kappa shape index (κ2) is 7.46. The Bertz CT molecular complexity index is 359. The summed E-state index contributed by atoms with van der Waals surface area (Å²) in [4.78, 5) is 5.33. The van der Waals surface area contributed by atoms with Crippen LogP contribution in [0, 0.1) is 6.92 Å². The van der Waals surface area contributed by atoms with Gasteiger partial charge in [-0.3, -0.25) is 4.90 Å². The second-order valence-corrected chi connectivity index (χ2v) is 6.13. The largest absolute Gasteiger partial charge is 0.381 e. The lowest BCUT2D eigenvalue weighted by Gasteiger charge is -2.38. The van der Waals surface area contributed by atoms with Gasteiger partial charge >= 0.3 is 0 Å². The quantitative estimate of drug-likeness (QED) is 0.925. The third kappa shape index (κ3) is 3.93. The van der Waals surface area contributed by atoms with E-state index in [-0.39, 0.29) is 12.4 Å². The van der Waals surface area contributed by atoms with Crippen molar-refractivity contribution < 1.29 is 4.74 Å². The Balaban J connectivity index is 0.00000162. The molecular weight excluding hydrogens is 268 g/mol. The van der Waals surface area contributed by atoms with Gasteiger partial charge in [-0.1, -0.05) is 0 Å². The minimum absolute atomic E-state index is 0. The van der Waals surface area contributed by atoms with E-state index < -0.39 is 0 Å². The van der Waals surface area contributed by atoms with E-state index in [1.54, 1.807) is 7.11 Å². The number of methoxy groups -OCH3 is 1. The van der Waals surface area contributed by atoms with E-state index in [2.05, 4.69) is 24.0 Å². The molecule has 2 heterocycles. The monoisotopic (exact) mass is 290 g/mol. The highest BCUT2D eigenvalue weighted by molar-refractivity contribution is 7.11. The lowest BCUT2D eigenvalue weighted by Crippen LogP contribution is -2.47. The first-order chi connectivity index (χ1) is 8.22. The number of hydrogen-bond acceptors (Lipinski definition) is 4. The SMILES string of the molecule is COC1CCN(Cc2ccc(C)s2)C(CN)C1.Cl. The second-order valence-electron chi connectivity index (χ2n) is 4.75. The minimum Gasteiger partial charge on any atom is -0.381 e. The van der Waals surface area contributed by atoms with Crippen LogP contribution in [0.25, 0.3) is 0 Å². The Morgan fingerprint density at radius 3 is 2.83 bits per heavy atom. The molecule has 1 fully saturated rings. The molecule has 1 aliphatic heterocycles. The molecule has 0 radical (unpaired) electrons. The van der Waals surface area contributed by atoms with Crippen molar-refractivity contribution in [2.24, 2.45) is 5.73 Å². The van der Waals surface area contributed by atoms with Crippen molar-refractivity contribution in [3.8, 4) is 0 Å². The van der Waals surface area contributed by atoms with Gasteiger partial charge in [0.05, 0.1) is 6.10 Å². The summed E-state index contributed by atoms with van der Waals surface area (Å²) in [7, 11) is 1.80. The number of thiophene rings is 1. The van der Waals surface area contributed by atoms with Gasteiger partial charge < -0.3 is 10.5 Å². The van der Waals surface area contributed by atoms with E-state index in [1.165, 1.54) is 9.75 Å². The maximum atomic E-state index is 5.88. The molecule has 1 aromatic heterocycles. The molecule has 2 atom stereocenters. The van der Waals surface area contributed by atoms with Crippen LogP contribution in [-0.2, 0) is 11.3 Å². The van der Waals surface area contributed by atoms with E-state index >= 15 is 0 Å². The fraction of sp³-hybridized carbons (Fsp3) is 0.692. The molecule has 2 rings (SSSR count). The smallest absolute Gasteiger partial charge is 0.0599 e. The zero-order chi connectivity index (χ0) is 12.3. The van der Waals surface area contributed by atoms with E-state index in [0.717, 1.165) is 32.5 Å². The molecule has 0 saturated carbocycles. The highest BCUT2D eigenvalue weighted by Gasteiger charge is 2.27. The standard InChI is InChI=1S/C13H22N2OS.ClH/c1-10-3-4-13(17-10)9-15-6-5-12(16-2)7-11(15)8-14;/h3-4,11-12H,5-9,14H2,1-2H3;1H. The van der Waals surface area contributed by atoms with Crippen molar-refractivity contribution in [2.75, 3.05) is 20.2 Å². The van der Waals surface area contributed by atoms with Crippen LogP contribution in [0.5, 0.6) is 0 Å². The molecule has 0 bridgehead atoms. The summed E-state index contributed by atoms with van der Waals surface area (Å²) in [5.41, 5.74) is 5.88. The third-order valence-corrected chi connectivity index (χ3v) is 4.54. The van der Waals surface area contributed by atoms with Gasteiger partial charge in [0, 0.05) is 42.5 Å². The van der Waals surface area contributed by atoms with Crippen molar-refractivity contribution in [2.45, 2.75) is 38.5 Å².